The summed E-state index contributed by atoms with van der Waals surface area (Å²) in [6, 6.07) is 21.0. The van der Waals surface area contributed by atoms with Crippen LogP contribution in [-0.2, 0) is 6.54 Å². The summed E-state index contributed by atoms with van der Waals surface area (Å²) in [7, 11) is 0. The second-order valence-electron chi connectivity index (χ2n) is 9.55. The minimum atomic E-state index is -0.426. The smallest absolute Gasteiger partial charge is 0.248 e. The summed E-state index contributed by atoms with van der Waals surface area (Å²) < 4.78 is 2.33. The normalized spacial score (nSPS) is 20.1. The number of allylic oxidation sites excluding steroid dienone is 3. The topological polar surface area (TPSA) is 72.9 Å². The van der Waals surface area contributed by atoms with E-state index in [9.17, 15) is 4.79 Å². The van der Waals surface area contributed by atoms with Gasteiger partial charge in [0.1, 0.15) is 5.82 Å². The maximum Gasteiger partial charge on any atom is 0.248 e. The molecule has 5 heteroatoms. The predicted molar refractivity (Wildman–Crippen MR) is 137 cm³/mol. The Morgan fingerprint density at radius 1 is 1.06 bits per heavy atom. The summed E-state index contributed by atoms with van der Waals surface area (Å²) in [5.74, 6) is 0.939. The van der Waals surface area contributed by atoms with Gasteiger partial charge in [-0.25, -0.2) is 4.98 Å². The van der Waals surface area contributed by atoms with Gasteiger partial charge >= 0.3 is 0 Å². The van der Waals surface area contributed by atoms with Gasteiger partial charge in [-0.15, -0.1) is 0 Å². The summed E-state index contributed by atoms with van der Waals surface area (Å²) in [6.45, 7) is 3.82. The molecule has 3 N–H and O–H groups in total. The second kappa shape index (κ2) is 8.26. The van der Waals surface area contributed by atoms with Crippen LogP contribution in [0.25, 0.3) is 21.8 Å². The van der Waals surface area contributed by atoms with E-state index in [1.54, 1.807) is 6.07 Å². The van der Waals surface area contributed by atoms with Crippen molar-refractivity contribution in [3.8, 4) is 0 Å². The molecule has 1 aliphatic heterocycles. The minimum absolute atomic E-state index is 0.294. The largest absolute Gasteiger partial charge is 0.366 e. The Kier molecular flexibility index (Phi) is 5.07. The number of amides is 1. The zero-order chi connectivity index (χ0) is 23.2. The van der Waals surface area contributed by atoms with Crippen molar-refractivity contribution < 1.29 is 4.79 Å². The molecule has 1 aliphatic carbocycles. The number of fused-ring (bicyclic) bond motifs is 2. The number of rotatable bonds is 5. The van der Waals surface area contributed by atoms with Gasteiger partial charge in [-0.1, -0.05) is 59.7 Å². The quantitative estimate of drug-likeness (QED) is 0.448. The average Bonchev–Trinajstić information content (AvgIpc) is 3.16. The Balaban J connectivity index is 1.43. The van der Waals surface area contributed by atoms with Crippen molar-refractivity contribution in [2.45, 2.75) is 38.3 Å². The molecule has 2 aliphatic rings. The van der Waals surface area contributed by atoms with Gasteiger partial charge in [0.05, 0.1) is 11.0 Å². The fourth-order valence-electron chi connectivity index (χ4n) is 5.27. The van der Waals surface area contributed by atoms with Gasteiger partial charge in [-0.05, 0) is 60.4 Å². The maximum absolute atomic E-state index is 11.8. The zero-order valence-corrected chi connectivity index (χ0v) is 19.3. The molecule has 6 rings (SSSR count). The number of imidazole rings is 1. The highest BCUT2D eigenvalue weighted by atomic mass is 16.1. The summed E-state index contributed by atoms with van der Waals surface area (Å²) >= 11 is 0. The number of nitrogens with one attached hydrogen (secondary N) is 1. The number of benzene rings is 3. The van der Waals surface area contributed by atoms with Gasteiger partial charge in [0.2, 0.25) is 5.91 Å². The van der Waals surface area contributed by atoms with Crippen molar-refractivity contribution in [2.75, 3.05) is 6.54 Å². The van der Waals surface area contributed by atoms with Gasteiger partial charge < -0.3 is 15.6 Å². The fraction of sp³-hybridized carbons (Fsp3) is 0.241. The van der Waals surface area contributed by atoms with Crippen molar-refractivity contribution >= 4 is 27.7 Å². The highest BCUT2D eigenvalue weighted by Crippen LogP contribution is 2.36. The molecule has 2 atom stereocenters. The Hall–Kier alpha value is -3.70. The summed E-state index contributed by atoms with van der Waals surface area (Å²) in [6.07, 6.45) is 6.73. The average molecular weight is 449 g/mol. The Morgan fingerprint density at radius 2 is 1.91 bits per heavy atom. The van der Waals surface area contributed by atoms with Gasteiger partial charge in [-0.2, -0.15) is 0 Å². The molecule has 0 saturated carbocycles. The maximum atomic E-state index is 11.8. The van der Waals surface area contributed by atoms with E-state index in [1.807, 2.05) is 12.1 Å². The lowest BCUT2D eigenvalue weighted by atomic mass is 9.81. The van der Waals surface area contributed by atoms with Crippen LogP contribution in [0.3, 0.4) is 0 Å². The van der Waals surface area contributed by atoms with Crippen LogP contribution in [0.5, 0.6) is 0 Å². The molecule has 1 saturated heterocycles. The molecule has 5 nitrogen and oxygen atoms in total. The van der Waals surface area contributed by atoms with Crippen LogP contribution in [0.2, 0.25) is 0 Å². The van der Waals surface area contributed by atoms with Crippen molar-refractivity contribution in [1.82, 2.24) is 14.9 Å². The van der Waals surface area contributed by atoms with Gasteiger partial charge in [-0.3, -0.25) is 4.79 Å². The number of aromatic nitrogens is 2. The first-order valence-electron chi connectivity index (χ1n) is 11.9. The van der Waals surface area contributed by atoms with E-state index in [0.29, 0.717) is 17.5 Å². The van der Waals surface area contributed by atoms with Gasteiger partial charge in [0, 0.05) is 30.6 Å². The molecule has 2 unspecified atom stereocenters. The van der Waals surface area contributed by atoms with Crippen LogP contribution in [0.15, 0.2) is 84.0 Å². The number of hydrogen-bond acceptors (Lipinski definition) is 3. The Labute approximate surface area is 199 Å². The van der Waals surface area contributed by atoms with Crippen LogP contribution in [0.1, 0.15) is 47.4 Å². The highest BCUT2D eigenvalue weighted by molar-refractivity contribution is 5.96. The summed E-state index contributed by atoms with van der Waals surface area (Å²) in [5.41, 5.74) is 12.0. The van der Waals surface area contributed by atoms with Gasteiger partial charge in [0.25, 0.3) is 0 Å². The number of carbonyl (C=O) groups excluding carboxylic acids is 1. The SMILES string of the molecule is CC1=CC=C(C2NCC2c2nc3cc(C(N)=O)ccc3n2Cc2ccc3ccccc3c2)CC1. The van der Waals surface area contributed by atoms with E-state index in [2.05, 4.69) is 71.4 Å². The molecule has 2 heterocycles. The lowest BCUT2D eigenvalue weighted by Crippen LogP contribution is -2.53. The Bertz CT molecular complexity index is 1490. The van der Waals surface area contributed by atoms with Crippen LogP contribution < -0.4 is 11.1 Å². The third-order valence-electron chi connectivity index (χ3n) is 7.30. The minimum Gasteiger partial charge on any atom is -0.366 e. The number of nitrogens with two attached hydrogens (primary N) is 1. The van der Waals surface area contributed by atoms with Crippen LogP contribution >= 0.6 is 0 Å². The molecule has 0 spiro atoms. The Morgan fingerprint density at radius 3 is 2.65 bits per heavy atom. The fourth-order valence-corrected chi connectivity index (χ4v) is 5.27. The van der Waals surface area contributed by atoms with Gasteiger partial charge in [0.15, 0.2) is 0 Å². The first kappa shape index (κ1) is 20.9. The molecule has 4 aromatic rings. The molecule has 1 fully saturated rings. The monoisotopic (exact) mass is 448 g/mol. The van der Waals surface area contributed by atoms with E-state index in [4.69, 9.17) is 10.7 Å². The van der Waals surface area contributed by atoms with Crippen molar-refractivity contribution in [3.05, 3.63) is 101 Å². The molecule has 1 amide bonds. The van der Waals surface area contributed by atoms with Crippen molar-refractivity contribution in [2.24, 2.45) is 5.73 Å². The molecule has 0 radical (unpaired) electrons. The zero-order valence-electron chi connectivity index (χ0n) is 19.3. The summed E-state index contributed by atoms with van der Waals surface area (Å²) in [5, 5.41) is 6.12. The van der Waals surface area contributed by atoms with Crippen LogP contribution in [0.4, 0.5) is 0 Å². The molecule has 0 bridgehead atoms. The van der Waals surface area contributed by atoms with Crippen molar-refractivity contribution in [3.63, 3.8) is 0 Å². The van der Waals surface area contributed by atoms with E-state index in [1.165, 1.54) is 27.5 Å². The third kappa shape index (κ3) is 3.62. The van der Waals surface area contributed by atoms with E-state index < -0.39 is 5.91 Å². The lowest BCUT2D eigenvalue weighted by Gasteiger charge is -2.40. The molecular formula is C29H28N4O. The predicted octanol–water partition coefficient (Wildman–Crippen LogP) is 5.06. The lowest BCUT2D eigenvalue weighted by molar-refractivity contribution is 0.100. The number of hydrogen-bond donors (Lipinski definition) is 2. The standard InChI is InChI=1S/C29H28N4O/c1-18-6-9-21(10-7-18)27-24(16-31-27)29-32-25-15-23(28(30)34)12-13-26(25)33(29)17-19-8-11-20-4-2-3-5-22(20)14-19/h2-6,8-9,11-15,24,27,31H,7,10,16-17H2,1H3,(H2,30,34). The molecule has 1 aromatic heterocycles. The first-order valence-corrected chi connectivity index (χ1v) is 11.9. The molecule has 34 heavy (non-hydrogen) atoms. The number of carbonyl (C=O) groups is 1. The van der Waals surface area contributed by atoms with E-state index in [0.717, 1.165) is 42.8 Å². The van der Waals surface area contributed by atoms with Crippen LogP contribution in [-0.4, -0.2) is 28.0 Å². The van der Waals surface area contributed by atoms with Crippen molar-refractivity contribution in [1.29, 1.82) is 0 Å². The first-order chi connectivity index (χ1) is 16.6. The number of nitrogens with zero attached hydrogens (tertiary/aromatic N) is 2. The molecular weight excluding hydrogens is 420 g/mol. The second-order valence-corrected chi connectivity index (χ2v) is 9.55. The summed E-state index contributed by atoms with van der Waals surface area (Å²) in [4.78, 5) is 16.9. The molecule has 170 valence electrons. The van der Waals surface area contributed by atoms with Crippen LogP contribution in [0, 0.1) is 0 Å². The van der Waals surface area contributed by atoms with E-state index in [-0.39, 0.29) is 0 Å². The molecule has 3 aromatic carbocycles. The third-order valence-corrected chi connectivity index (χ3v) is 7.30. The number of primary amides is 1. The van der Waals surface area contributed by atoms with E-state index >= 15 is 0 Å². The highest BCUT2D eigenvalue weighted by Gasteiger charge is 2.38.